The molecule has 1 aliphatic carbocycles. The van der Waals surface area contributed by atoms with Gasteiger partial charge in [0, 0.05) is 35.5 Å². The van der Waals surface area contributed by atoms with Crippen molar-refractivity contribution in [3.8, 4) is 5.75 Å². The van der Waals surface area contributed by atoms with E-state index < -0.39 is 6.10 Å². The molecule has 5 aliphatic rings. The number of nitrogens with one attached hydrogen (secondary N) is 1. The zero-order valence-corrected chi connectivity index (χ0v) is 14.6. The van der Waals surface area contributed by atoms with Crippen LogP contribution >= 0.6 is 15.9 Å². The van der Waals surface area contributed by atoms with Crippen LogP contribution in [0.3, 0.4) is 0 Å². The number of aliphatic hydroxyl groups is 1. The van der Waals surface area contributed by atoms with Gasteiger partial charge in [0.15, 0.2) is 5.75 Å². The zero-order valence-electron chi connectivity index (χ0n) is 13.0. The Labute approximate surface area is 146 Å². The summed E-state index contributed by atoms with van der Waals surface area (Å²) < 4.78 is 0.885. The maximum Gasteiger partial charge on any atom is 0.168 e. The molecule has 6 heteroatoms. The van der Waals surface area contributed by atoms with E-state index in [0.717, 1.165) is 40.9 Å². The largest absolute Gasteiger partial charge is 0.504 e. The third-order valence-corrected chi connectivity index (χ3v) is 7.21. The number of rotatable bonds is 0. The Bertz CT molecular complexity index is 1010. The van der Waals surface area contributed by atoms with Crippen LogP contribution in [0.5, 0.6) is 5.75 Å². The summed E-state index contributed by atoms with van der Waals surface area (Å²) in [4.78, 5) is 10.5. The molecule has 3 N–H and O–H groups in total. The number of phenolic OH excluding ortho intramolecular Hbond substituents is 1. The molecular weight excluding hydrogens is 370 g/mol. The lowest BCUT2D eigenvalue weighted by Gasteiger charge is -2.50. The van der Waals surface area contributed by atoms with Crippen LogP contribution in [0, 0.1) is 0 Å². The number of aliphatic hydroxyl groups excluding tert-OH is 1. The summed E-state index contributed by atoms with van der Waals surface area (Å²) >= 11 is 3.61. The van der Waals surface area contributed by atoms with E-state index >= 15 is 0 Å². The van der Waals surface area contributed by atoms with Gasteiger partial charge in [-0.3, -0.25) is 14.9 Å². The predicted molar refractivity (Wildman–Crippen MR) is 93.1 cm³/mol. The lowest BCUT2D eigenvalue weighted by atomic mass is 9.63. The fraction of sp³-hybridized carbons (Fsp3) is 0.444. The lowest BCUT2D eigenvalue weighted by Crippen LogP contribution is -3.16. The molecule has 0 radical (unpaired) electrons. The monoisotopic (exact) mass is 386 g/mol. The van der Waals surface area contributed by atoms with Gasteiger partial charge in [-0.25, -0.2) is 0 Å². The average Bonchev–Trinajstić information content (AvgIpc) is 3.01. The Balaban J connectivity index is 1.86. The molecule has 0 saturated heterocycles. The third-order valence-electron chi connectivity index (χ3n) is 6.51. The van der Waals surface area contributed by atoms with Crippen LogP contribution in [0.2, 0.25) is 0 Å². The van der Waals surface area contributed by atoms with Gasteiger partial charge in [0.2, 0.25) is 0 Å². The van der Waals surface area contributed by atoms with Crippen LogP contribution in [0.25, 0.3) is 5.57 Å². The highest BCUT2D eigenvalue weighted by Gasteiger charge is 2.55. The molecule has 1 aromatic rings. The van der Waals surface area contributed by atoms with Crippen molar-refractivity contribution in [1.82, 2.24) is 0 Å². The van der Waals surface area contributed by atoms with Gasteiger partial charge >= 0.3 is 0 Å². The second kappa shape index (κ2) is 4.18. The number of phenols is 1. The Morgan fingerprint density at radius 3 is 3.12 bits per heavy atom. The molecule has 122 valence electrons. The molecule has 4 atom stereocenters. The molecular formula is C18H17BrN3O2+. The number of halogens is 1. The van der Waals surface area contributed by atoms with E-state index in [1.165, 1.54) is 21.7 Å². The molecule has 5 nitrogen and oxygen atoms in total. The first-order chi connectivity index (χ1) is 11.6. The van der Waals surface area contributed by atoms with Gasteiger partial charge in [0.05, 0.1) is 17.3 Å². The maximum atomic E-state index is 10.8. The minimum absolute atomic E-state index is 0.129. The molecule has 24 heavy (non-hydrogen) atoms. The highest BCUT2D eigenvalue weighted by molar-refractivity contribution is 9.11. The zero-order chi connectivity index (χ0) is 16.2. The van der Waals surface area contributed by atoms with Gasteiger partial charge < -0.3 is 10.2 Å². The summed E-state index contributed by atoms with van der Waals surface area (Å²) in [5.74, 6) is 0.240. The van der Waals surface area contributed by atoms with Crippen LogP contribution in [-0.4, -0.2) is 41.7 Å². The first-order valence-corrected chi connectivity index (χ1v) is 9.33. The molecule has 6 rings (SSSR count). The minimum atomic E-state index is -0.464. The number of quaternary nitrogens is 1. The first kappa shape index (κ1) is 13.8. The molecule has 4 unspecified atom stereocenters. The van der Waals surface area contributed by atoms with E-state index in [2.05, 4.69) is 32.0 Å². The van der Waals surface area contributed by atoms with Crippen molar-refractivity contribution in [2.24, 2.45) is 9.98 Å². The van der Waals surface area contributed by atoms with E-state index in [9.17, 15) is 10.2 Å². The molecule has 1 spiro atoms. The highest BCUT2D eigenvalue weighted by Crippen LogP contribution is 2.47. The second-order valence-corrected chi connectivity index (χ2v) is 8.47. The predicted octanol–water partition coefficient (Wildman–Crippen LogP) is -0.134. The van der Waals surface area contributed by atoms with Crippen LogP contribution in [0.1, 0.15) is 24.8 Å². The molecule has 0 aromatic heterocycles. The number of allylic oxidation sites excluding steroid dienone is 1. The summed E-state index contributed by atoms with van der Waals surface area (Å²) in [5.41, 5.74) is 4.21. The van der Waals surface area contributed by atoms with Crippen molar-refractivity contribution < 1.29 is 15.1 Å². The number of aromatic hydroxyl groups is 1. The second-order valence-electron chi connectivity index (χ2n) is 7.55. The van der Waals surface area contributed by atoms with Gasteiger partial charge in [0.1, 0.15) is 28.9 Å². The lowest BCUT2D eigenvalue weighted by molar-refractivity contribution is -0.869. The van der Waals surface area contributed by atoms with E-state index in [1.807, 2.05) is 6.21 Å². The molecule has 4 aliphatic heterocycles. The average molecular weight is 387 g/mol. The Hall–Kier alpha value is -1.50. The molecule has 1 aromatic carbocycles. The summed E-state index contributed by atoms with van der Waals surface area (Å²) in [7, 11) is 0. The molecule has 0 amide bonds. The number of nitrogens with zero attached hydrogens (tertiary/aromatic N) is 2. The molecule has 4 heterocycles. The molecule has 0 fully saturated rings. The van der Waals surface area contributed by atoms with Crippen molar-refractivity contribution in [3.05, 3.63) is 26.7 Å². The van der Waals surface area contributed by atoms with Crippen LogP contribution in [0.15, 0.2) is 20.5 Å². The quantitative estimate of drug-likeness (QED) is 0.543. The topological polar surface area (TPSA) is 69.6 Å². The maximum absolute atomic E-state index is 10.8. The first-order valence-electron chi connectivity index (χ1n) is 8.54. The highest BCUT2D eigenvalue weighted by atomic mass is 79.9. The summed E-state index contributed by atoms with van der Waals surface area (Å²) in [5, 5.41) is 23.5. The van der Waals surface area contributed by atoms with Crippen molar-refractivity contribution in [3.63, 3.8) is 0 Å². The van der Waals surface area contributed by atoms with Gasteiger partial charge in [-0.15, -0.1) is 0 Å². The molecule has 2 bridgehead atoms. The van der Waals surface area contributed by atoms with Gasteiger partial charge in [-0.05, 0) is 12.0 Å². The standard InChI is InChI=1S/C18H16BrN3O2/c19-9-5-18-2-3-20-14-12(18)15-11-8(7-21-13(11)17(14)24)1-4-22(15)10(6-18)16(9)23/h5,7,10,16,23-24H,1-4,6H2/p+1. The van der Waals surface area contributed by atoms with Crippen LogP contribution in [-0.2, 0) is 5.41 Å². The summed E-state index contributed by atoms with van der Waals surface area (Å²) in [6, 6.07) is 0.151. The minimum Gasteiger partial charge on any atom is -0.504 e. The Morgan fingerprint density at radius 1 is 1.38 bits per heavy atom. The fourth-order valence-electron chi connectivity index (χ4n) is 5.53. The van der Waals surface area contributed by atoms with E-state index in [0.29, 0.717) is 12.2 Å². The molecule has 0 saturated carbocycles. The number of aliphatic imine (C=N–C) groups is 1. The van der Waals surface area contributed by atoms with Gasteiger partial charge in [-0.1, -0.05) is 22.0 Å². The van der Waals surface area contributed by atoms with Crippen molar-refractivity contribution >= 4 is 39.1 Å². The number of hydrogen-bond acceptors (Lipinski definition) is 4. The van der Waals surface area contributed by atoms with Crippen LogP contribution < -0.4 is 15.5 Å². The van der Waals surface area contributed by atoms with E-state index in [1.54, 1.807) is 0 Å². The van der Waals surface area contributed by atoms with Crippen LogP contribution in [0.4, 0.5) is 11.4 Å². The normalized spacial score (nSPS) is 37.0. The summed E-state index contributed by atoms with van der Waals surface area (Å²) in [6.07, 6.45) is 6.42. The van der Waals surface area contributed by atoms with Gasteiger partial charge in [-0.2, -0.15) is 0 Å². The summed E-state index contributed by atoms with van der Waals surface area (Å²) in [6.45, 7) is 1.66. The van der Waals surface area contributed by atoms with Crippen molar-refractivity contribution in [2.75, 3.05) is 13.1 Å². The Morgan fingerprint density at radius 2 is 2.25 bits per heavy atom. The van der Waals surface area contributed by atoms with Crippen molar-refractivity contribution in [1.29, 1.82) is 0 Å². The van der Waals surface area contributed by atoms with E-state index in [-0.39, 0.29) is 17.2 Å². The smallest absolute Gasteiger partial charge is 0.168 e. The third kappa shape index (κ3) is 1.37. The SMILES string of the molecule is Oc1c2c3c4c5c1=NCCC51C=C(Br)C(O)C(C1)[NH+]4CCC=3C=N2. The number of benzene rings is 1. The Kier molecular flexibility index (Phi) is 2.39. The number of hydrogen-bond donors (Lipinski definition) is 3. The number of fused-ring (bicyclic) bond motifs is 2. The van der Waals surface area contributed by atoms with Crippen molar-refractivity contribution in [2.45, 2.75) is 36.8 Å². The van der Waals surface area contributed by atoms with E-state index in [4.69, 9.17) is 0 Å². The van der Waals surface area contributed by atoms with Gasteiger partial charge in [0.25, 0.3) is 0 Å². The fourth-order valence-corrected chi connectivity index (χ4v) is 6.29.